The zero-order valence-electron chi connectivity index (χ0n) is 9.72. The van der Waals surface area contributed by atoms with E-state index in [4.69, 9.17) is 10.2 Å². The molecule has 8 heteroatoms. The summed E-state index contributed by atoms with van der Waals surface area (Å²) in [5.74, 6) is -2.02. The topological polar surface area (TPSA) is 105 Å². The molecule has 0 aromatic heterocycles. The van der Waals surface area contributed by atoms with Crippen molar-refractivity contribution < 1.29 is 19.8 Å². The van der Waals surface area contributed by atoms with Crippen molar-refractivity contribution in [1.82, 2.24) is 21.1 Å². The molecule has 0 radical (unpaired) electrons. The Hall–Kier alpha value is -1.22. The molecular weight excluding hydrogens is 228 g/mol. The quantitative estimate of drug-likeness (QED) is 0.430. The third kappa shape index (κ3) is 4.27. The van der Waals surface area contributed by atoms with Crippen molar-refractivity contribution in [1.29, 1.82) is 0 Å². The van der Waals surface area contributed by atoms with Gasteiger partial charge in [-0.15, -0.1) is 5.23 Å². The molecule has 1 fully saturated rings. The second-order valence-corrected chi connectivity index (χ2v) is 3.83. The minimum absolute atomic E-state index is 0.195. The van der Waals surface area contributed by atoms with E-state index < -0.39 is 11.9 Å². The van der Waals surface area contributed by atoms with Crippen LogP contribution in [-0.2, 0) is 9.59 Å². The van der Waals surface area contributed by atoms with Crippen molar-refractivity contribution in [3.63, 3.8) is 0 Å². The Balaban J connectivity index is 2.39. The molecule has 4 N–H and O–H groups in total. The molecule has 17 heavy (non-hydrogen) atoms. The molecular formula is C9H18N4O4. The number of hydrazine groups is 3. The van der Waals surface area contributed by atoms with Crippen LogP contribution in [-0.4, -0.2) is 59.1 Å². The van der Waals surface area contributed by atoms with Crippen LogP contribution in [0.1, 0.15) is 12.8 Å². The maximum atomic E-state index is 10.8. The molecule has 1 aliphatic rings. The Labute approximate surface area is 99.1 Å². The summed E-state index contributed by atoms with van der Waals surface area (Å²) in [6, 6.07) is 0. The lowest BCUT2D eigenvalue weighted by Crippen LogP contribution is -2.60. The van der Waals surface area contributed by atoms with Crippen LogP contribution in [0.15, 0.2) is 0 Å². The Kier molecular flexibility index (Phi) is 5.29. The van der Waals surface area contributed by atoms with E-state index >= 15 is 0 Å². The van der Waals surface area contributed by atoms with Gasteiger partial charge in [0, 0.05) is 20.1 Å². The monoisotopic (exact) mass is 246 g/mol. The number of aliphatic carboxylic acids is 2. The van der Waals surface area contributed by atoms with Crippen molar-refractivity contribution in [2.75, 3.05) is 26.7 Å². The molecule has 8 nitrogen and oxygen atoms in total. The zero-order chi connectivity index (χ0) is 12.8. The lowest BCUT2D eigenvalue weighted by atomic mass is 9.98. The first-order chi connectivity index (χ1) is 8.04. The lowest BCUT2D eigenvalue weighted by Gasteiger charge is -2.37. The molecule has 0 saturated carbocycles. The molecule has 0 amide bonds. The van der Waals surface area contributed by atoms with Gasteiger partial charge < -0.3 is 10.2 Å². The number of carboxylic acid groups (broad SMARTS) is 2. The van der Waals surface area contributed by atoms with Crippen LogP contribution in [0.25, 0.3) is 0 Å². The van der Waals surface area contributed by atoms with Gasteiger partial charge in [-0.25, -0.2) is 15.9 Å². The molecule has 0 aromatic carbocycles. The fourth-order valence-corrected chi connectivity index (χ4v) is 1.78. The van der Waals surface area contributed by atoms with E-state index in [1.807, 2.05) is 5.01 Å². The lowest BCUT2D eigenvalue weighted by molar-refractivity contribution is -0.155. The smallest absolute Gasteiger partial charge is 0.319 e. The predicted octanol–water partition coefficient (Wildman–Crippen LogP) is -1.28. The molecule has 1 heterocycles. The van der Waals surface area contributed by atoms with Crippen molar-refractivity contribution >= 4 is 11.9 Å². The molecule has 98 valence electrons. The van der Waals surface area contributed by atoms with E-state index in [9.17, 15) is 9.59 Å². The maximum absolute atomic E-state index is 10.8. The highest BCUT2D eigenvalue weighted by Gasteiger charge is 2.27. The van der Waals surface area contributed by atoms with Crippen LogP contribution in [0.3, 0.4) is 0 Å². The maximum Gasteiger partial charge on any atom is 0.319 e. The Morgan fingerprint density at radius 3 is 2.35 bits per heavy atom. The Morgan fingerprint density at radius 1 is 1.35 bits per heavy atom. The predicted molar refractivity (Wildman–Crippen MR) is 58.5 cm³/mol. The molecule has 0 bridgehead atoms. The van der Waals surface area contributed by atoms with Gasteiger partial charge in [0.2, 0.25) is 0 Å². The number of nitrogens with zero attached hydrogens (tertiary/aromatic N) is 2. The molecule has 1 saturated heterocycles. The van der Waals surface area contributed by atoms with Crippen LogP contribution in [0.2, 0.25) is 0 Å². The number of rotatable bonds is 6. The van der Waals surface area contributed by atoms with Crippen LogP contribution < -0.4 is 10.9 Å². The first-order valence-electron chi connectivity index (χ1n) is 5.45. The van der Waals surface area contributed by atoms with E-state index in [1.165, 1.54) is 5.23 Å². The fraction of sp³-hybridized carbons (Fsp3) is 0.778. The summed E-state index contributed by atoms with van der Waals surface area (Å²) in [7, 11) is 1.66. The number of hydrogen-bond acceptors (Lipinski definition) is 6. The van der Waals surface area contributed by atoms with E-state index in [1.54, 1.807) is 7.05 Å². The molecule has 0 aliphatic carbocycles. The van der Waals surface area contributed by atoms with Crippen LogP contribution >= 0.6 is 0 Å². The van der Waals surface area contributed by atoms with Gasteiger partial charge in [-0.1, -0.05) is 0 Å². The first kappa shape index (κ1) is 13.8. The number of carboxylic acids is 2. The first-order valence-corrected chi connectivity index (χ1v) is 5.45. The minimum Gasteiger partial charge on any atom is -0.481 e. The average molecular weight is 246 g/mol. The van der Waals surface area contributed by atoms with Crippen LogP contribution in [0.4, 0.5) is 0 Å². The van der Waals surface area contributed by atoms with Gasteiger partial charge in [0.05, 0.1) is 5.92 Å². The molecule has 0 spiro atoms. The minimum atomic E-state index is -0.953. The van der Waals surface area contributed by atoms with Gasteiger partial charge in [-0.3, -0.25) is 9.59 Å². The largest absolute Gasteiger partial charge is 0.481 e. The van der Waals surface area contributed by atoms with Gasteiger partial charge in [0.1, 0.15) is 6.54 Å². The van der Waals surface area contributed by atoms with Crippen LogP contribution in [0.5, 0.6) is 0 Å². The van der Waals surface area contributed by atoms with Crippen molar-refractivity contribution in [2.45, 2.75) is 12.8 Å². The summed E-state index contributed by atoms with van der Waals surface area (Å²) in [5.41, 5.74) is 5.49. The molecule has 0 unspecified atom stereocenters. The van der Waals surface area contributed by atoms with Gasteiger partial charge in [-0.2, -0.15) is 0 Å². The second-order valence-electron chi connectivity index (χ2n) is 3.83. The number of hydrogen-bond donors (Lipinski definition) is 4. The van der Waals surface area contributed by atoms with Gasteiger partial charge in [0.25, 0.3) is 0 Å². The Morgan fingerprint density at radius 2 is 1.94 bits per heavy atom. The SMILES string of the molecule is CNN(NCC(=O)O)N1CCC(C(=O)O)CC1. The highest BCUT2D eigenvalue weighted by molar-refractivity contribution is 5.70. The number of piperidine rings is 1. The highest BCUT2D eigenvalue weighted by Crippen LogP contribution is 2.17. The standard InChI is InChI=1S/C9H18N4O4/c1-10-13(11-6-8(14)15)12-4-2-7(3-5-12)9(16)17/h7,10-11H,2-6H2,1H3,(H,14,15)(H,16,17). The summed E-state index contributed by atoms with van der Waals surface area (Å²) < 4.78 is 0. The van der Waals surface area contributed by atoms with Gasteiger partial charge in [0.15, 0.2) is 0 Å². The van der Waals surface area contributed by atoms with E-state index in [0.29, 0.717) is 25.9 Å². The van der Waals surface area contributed by atoms with E-state index in [0.717, 1.165) is 0 Å². The summed E-state index contributed by atoms with van der Waals surface area (Å²) in [6.07, 6.45) is 1.12. The number of carbonyl (C=O) groups is 2. The Bertz CT molecular complexity index is 278. The van der Waals surface area contributed by atoms with Crippen molar-refractivity contribution in [3.05, 3.63) is 0 Å². The molecule has 1 rings (SSSR count). The number of nitrogens with one attached hydrogen (secondary N) is 2. The third-order valence-corrected chi connectivity index (χ3v) is 2.70. The molecule has 0 aromatic rings. The summed E-state index contributed by atoms with van der Waals surface area (Å²) >= 11 is 0. The third-order valence-electron chi connectivity index (χ3n) is 2.70. The zero-order valence-corrected chi connectivity index (χ0v) is 9.72. The summed E-state index contributed by atoms with van der Waals surface area (Å²) in [6.45, 7) is 0.953. The summed E-state index contributed by atoms with van der Waals surface area (Å²) in [4.78, 5) is 21.2. The molecule has 1 aliphatic heterocycles. The van der Waals surface area contributed by atoms with E-state index in [-0.39, 0.29) is 12.5 Å². The fourth-order valence-electron chi connectivity index (χ4n) is 1.78. The average Bonchev–Trinajstić information content (AvgIpc) is 2.30. The second kappa shape index (κ2) is 6.50. The molecule has 0 atom stereocenters. The normalized spacial score (nSPS) is 18.5. The highest BCUT2D eigenvalue weighted by atomic mass is 16.4. The van der Waals surface area contributed by atoms with Crippen LogP contribution in [0, 0.1) is 5.92 Å². The van der Waals surface area contributed by atoms with Crippen molar-refractivity contribution in [3.8, 4) is 0 Å². The van der Waals surface area contributed by atoms with E-state index in [2.05, 4.69) is 10.9 Å². The van der Waals surface area contributed by atoms with Gasteiger partial charge in [-0.05, 0) is 12.8 Å². The van der Waals surface area contributed by atoms with Crippen molar-refractivity contribution in [2.24, 2.45) is 5.92 Å². The van der Waals surface area contributed by atoms with Gasteiger partial charge >= 0.3 is 11.9 Å². The summed E-state index contributed by atoms with van der Waals surface area (Å²) in [5, 5.41) is 20.8.